The predicted molar refractivity (Wildman–Crippen MR) is 75.2 cm³/mol. The van der Waals surface area contributed by atoms with Crippen molar-refractivity contribution in [3.8, 4) is 11.5 Å². The summed E-state index contributed by atoms with van der Waals surface area (Å²) in [6.45, 7) is 2.81. The highest BCUT2D eigenvalue weighted by molar-refractivity contribution is 9.10. The van der Waals surface area contributed by atoms with Gasteiger partial charge < -0.3 is 14.3 Å². The largest absolute Gasteiger partial charge is 0.457 e. The van der Waals surface area contributed by atoms with E-state index in [0.29, 0.717) is 16.4 Å². The molecule has 1 fully saturated rings. The van der Waals surface area contributed by atoms with E-state index in [0.717, 1.165) is 25.2 Å². The topological polar surface area (TPSA) is 67.3 Å². The van der Waals surface area contributed by atoms with Gasteiger partial charge in [0.05, 0.1) is 11.6 Å². The van der Waals surface area contributed by atoms with Gasteiger partial charge in [0.25, 0.3) is 5.89 Å². The van der Waals surface area contributed by atoms with E-state index in [1.54, 1.807) is 12.3 Å². The number of rotatable bonds is 2. The minimum Gasteiger partial charge on any atom is -0.457 e. The Labute approximate surface area is 125 Å². The third-order valence-corrected chi connectivity index (χ3v) is 3.48. The summed E-state index contributed by atoms with van der Waals surface area (Å²) in [5.41, 5.74) is 0.784. The van der Waals surface area contributed by atoms with Gasteiger partial charge in [-0.1, -0.05) is 5.16 Å². The highest BCUT2D eigenvalue weighted by Gasteiger charge is 2.25. The van der Waals surface area contributed by atoms with Crippen LogP contribution < -0.4 is 5.32 Å². The summed E-state index contributed by atoms with van der Waals surface area (Å²) in [6, 6.07) is 1.96. The van der Waals surface area contributed by atoms with E-state index in [2.05, 4.69) is 43.3 Å². The zero-order chi connectivity index (χ0) is 12.5. The first-order chi connectivity index (χ1) is 8.74. The molecule has 2 aromatic rings. The molecule has 0 spiro atoms. The lowest BCUT2D eigenvalue weighted by Crippen LogP contribution is -2.44. The highest BCUT2D eigenvalue weighted by Crippen LogP contribution is 2.25. The Kier molecular flexibility index (Phi) is 4.62. The molecule has 0 radical (unpaired) electrons. The van der Waals surface area contributed by atoms with Gasteiger partial charge in [-0.05, 0) is 23.0 Å². The third-order valence-electron chi connectivity index (χ3n) is 3.07. The van der Waals surface area contributed by atoms with E-state index < -0.39 is 0 Å². The van der Waals surface area contributed by atoms with E-state index in [1.807, 2.05) is 0 Å². The zero-order valence-electron chi connectivity index (χ0n) is 10.3. The Morgan fingerprint density at radius 1 is 1.53 bits per heavy atom. The summed E-state index contributed by atoms with van der Waals surface area (Å²) < 4.78 is 11.1. The number of nitrogens with one attached hydrogen (secondary N) is 1. The Morgan fingerprint density at radius 3 is 3.05 bits per heavy atom. The maximum atomic E-state index is 5.27. The van der Waals surface area contributed by atoms with E-state index in [9.17, 15) is 0 Å². The molecule has 19 heavy (non-hydrogen) atoms. The first-order valence-corrected chi connectivity index (χ1v) is 6.52. The van der Waals surface area contributed by atoms with Crippen molar-refractivity contribution in [2.45, 2.75) is 6.04 Å². The number of likely N-dealkylation sites (N-methyl/N-ethyl adjacent to an activating group) is 1. The van der Waals surface area contributed by atoms with Gasteiger partial charge in [-0.3, -0.25) is 4.90 Å². The van der Waals surface area contributed by atoms with Crippen LogP contribution in [0.2, 0.25) is 0 Å². The number of hydrogen-bond donors (Lipinski definition) is 1. The normalized spacial score (nSPS) is 20.2. The smallest absolute Gasteiger partial charge is 0.261 e. The molecule has 1 aliphatic rings. The van der Waals surface area contributed by atoms with E-state index in [4.69, 9.17) is 8.94 Å². The van der Waals surface area contributed by atoms with Gasteiger partial charge in [-0.2, -0.15) is 4.98 Å². The van der Waals surface area contributed by atoms with Crippen molar-refractivity contribution in [2.75, 3.05) is 26.7 Å². The van der Waals surface area contributed by atoms with Crippen LogP contribution in [-0.2, 0) is 0 Å². The lowest BCUT2D eigenvalue weighted by Gasteiger charge is -2.30. The second-order valence-electron chi connectivity index (χ2n) is 4.30. The molecule has 1 unspecified atom stereocenters. The van der Waals surface area contributed by atoms with Crippen molar-refractivity contribution >= 4 is 28.3 Å². The summed E-state index contributed by atoms with van der Waals surface area (Å²) in [7, 11) is 2.07. The lowest BCUT2D eigenvalue weighted by atomic mass is 10.2. The maximum absolute atomic E-state index is 5.27. The molecule has 1 saturated heterocycles. The number of hydrogen-bond acceptors (Lipinski definition) is 6. The summed E-state index contributed by atoms with van der Waals surface area (Å²) >= 11 is 3.25. The average molecular weight is 350 g/mol. The molecule has 8 heteroatoms. The Balaban J connectivity index is 0.00000133. The van der Waals surface area contributed by atoms with Crippen LogP contribution in [0.3, 0.4) is 0 Å². The van der Waals surface area contributed by atoms with Crippen LogP contribution in [0.4, 0.5) is 0 Å². The van der Waals surface area contributed by atoms with Crippen molar-refractivity contribution in [2.24, 2.45) is 0 Å². The summed E-state index contributed by atoms with van der Waals surface area (Å²) in [4.78, 5) is 6.65. The summed E-state index contributed by atoms with van der Waals surface area (Å²) in [5.74, 6) is 1.19. The SMILES string of the molecule is CN1CCNCC1c1noc(-c2coc(Br)c2)n1.Cl. The molecular formula is C11H14BrClN4O2. The van der Waals surface area contributed by atoms with Crippen LogP contribution in [0.5, 0.6) is 0 Å². The second kappa shape index (κ2) is 6.04. The molecule has 3 rings (SSSR count). The van der Waals surface area contributed by atoms with Crippen LogP contribution in [0.15, 0.2) is 25.9 Å². The molecule has 0 saturated carbocycles. The number of halogens is 2. The van der Waals surface area contributed by atoms with Gasteiger partial charge in [0.15, 0.2) is 10.5 Å². The molecule has 0 bridgehead atoms. The second-order valence-corrected chi connectivity index (χ2v) is 5.08. The third kappa shape index (κ3) is 3.00. The number of nitrogens with zero attached hydrogens (tertiary/aromatic N) is 3. The first-order valence-electron chi connectivity index (χ1n) is 5.73. The molecule has 0 aromatic carbocycles. The van der Waals surface area contributed by atoms with Gasteiger partial charge in [0.1, 0.15) is 6.26 Å². The standard InChI is InChI=1S/C11H13BrN4O2.ClH/c1-16-3-2-13-5-8(16)10-14-11(18-15-10)7-4-9(12)17-6-7;/h4,6,8,13H,2-3,5H2,1H3;1H. The molecular weight excluding hydrogens is 336 g/mol. The van der Waals surface area contributed by atoms with Crippen molar-refractivity contribution in [3.63, 3.8) is 0 Å². The van der Waals surface area contributed by atoms with Crippen molar-refractivity contribution in [1.29, 1.82) is 0 Å². The fraction of sp³-hybridized carbons (Fsp3) is 0.455. The monoisotopic (exact) mass is 348 g/mol. The van der Waals surface area contributed by atoms with Crippen LogP contribution in [-0.4, -0.2) is 41.7 Å². The molecule has 1 aliphatic heterocycles. The van der Waals surface area contributed by atoms with Crippen LogP contribution in [0, 0.1) is 0 Å². The van der Waals surface area contributed by atoms with Gasteiger partial charge in [-0.15, -0.1) is 12.4 Å². The molecule has 2 aromatic heterocycles. The minimum absolute atomic E-state index is 0. The van der Waals surface area contributed by atoms with E-state index >= 15 is 0 Å². The van der Waals surface area contributed by atoms with Crippen LogP contribution in [0.1, 0.15) is 11.9 Å². The number of aromatic nitrogens is 2. The van der Waals surface area contributed by atoms with E-state index in [-0.39, 0.29) is 18.4 Å². The summed E-state index contributed by atoms with van der Waals surface area (Å²) in [5, 5.41) is 7.38. The lowest BCUT2D eigenvalue weighted by molar-refractivity contribution is 0.190. The molecule has 1 N–H and O–H groups in total. The zero-order valence-corrected chi connectivity index (χ0v) is 12.7. The van der Waals surface area contributed by atoms with Gasteiger partial charge >= 0.3 is 0 Å². The van der Waals surface area contributed by atoms with Gasteiger partial charge in [0.2, 0.25) is 0 Å². The summed E-state index contributed by atoms with van der Waals surface area (Å²) in [6.07, 6.45) is 1.59. The predicted octanol–water partition coefficient (Wildman–Crippen LogP) is 2.09. The average Bonchev–Trinajstić information content (AvgIpc) is 2.98. The number of piperazine rings is 1. The Hall–Kier alpha value is -0.890. The fourth-order valence-electron chi connectivity index (χ4n) is 2.00. The highest BCUT2D eigenvalue weighted by atomic mass is 79.9. The van der Waals surface area contributed by atoms with Crippen molar-refractivity contribution < 1.29 is 8.94 Å². The number of furan rings is 1. The molecule has 1 atom stereocenters. The fourth-order valence-corrected chi connectivity index (χ4v) is 2.34. The van der Waals surface area contributed by atoms with Crippen molar-refractivity contribution in [1.82, 2.24) is 20.4 Å². The maximum Gasteiger partial charge on any atom is 0.261 e. The molecule has 3 heterocycles. The van der Waals surface area contributed by atoms with Crippen LogP contribution in [0.25, 0.3) is 11.5 Å². The minimum atomic E-state index is 0. The van der Waals surface area contributed by atoms with Gasteiger partial charge in [0, 0.05) is 25.7 Å². The first kappa shape index (κ1) is 14.5. The molecule has 6 nitrogen and oxygen atoms in total. The quantitative estimate of drug-likeness (QED) is 0.895. The molecule has 0 aliphatic carbocycles. The van der Waals surface area contributed by atoms with Gasteiger partial charge in [-0.25, -0.2) is 0 Å². The molecule has 0 amide bonds. The Bertz CT molecular complexity index is 544. The Morgan fingerprint density at radius 2 is 2.37 bits per heavy atom. The van der Waals surface area contributed by atoms with E-state index in [1.165, 1.54) is 0 Å². The molecule has 104 valence electrons. The van der Waals surface area contributed by atoms with Crippen LogP contribution >= 0.6 is 28.3 Å². The van der Waals surface area contributed by atoms with Crippen molar-refractivity contribution in [3.05, 3.63) is 22.8 Å².